The number of amides is 1. The van der Waals surface area contributed by atoms with Crippen LogP contribution in [0.2, 0.25) is 5.02 Å². The van der Waals surface area contributed by atoms with Gasteiger partial charge >= 0.3 is 6.09 Å². The fourth-order valence-corrected chi connectivity index (χ4v) is 4.20. The highest BCUT2D eigenvalue weighted by atomic mass is 35.5. The number of hydrogen-bond donors (Lipinski definition) is 4. The van der Waals surface area contributed by atoms with Crippen molar-refractivity contribution in [2.24, 2.45) is 0 Å². The fraction of sp³-hybridized carbons (Fsp3) is 0.250. The molecule has 4 rings (SSSR count). The fourth-order valence-electron chi connectivity index (χ4n) is 4.03. The average molecular weight is 455 g/mol. The van der Waals surface area contributed by atoms with Crippen LogP contribution >= 0.6 is 11.6 Å². The van der Waals surface area contributed by atoms with Crippen LogP contribution in [0.5, 0.6) is 0 Å². The quantitative estimate of drug-likeness (QED) is 0.437. The number of alkyl carbamates (subject to hydrolysis) is 1. The molecule has 2 atom stereocenters. The number of ether oxygens (including phenoxy) is 1. The Morgan fingerprint density at radius 1 is 1.09 bits per heavy atom. The van der Waals surface area contributed by atoms with Crippen molar-refractivity contribution in [3.05, 3.63) is 92.9 Å². The number of benzene rings is 2. The molecule has 1 amide bonds. The van der Waals surface area contributed by atoms with Crippen molar-refractivity contribution >= 4 is 17.7 Å². The van der Waals surface area contributed by atoms with E-state index >= 15 is 0 Å². The molecule has 2 unspecified atom stereocenters. The third-order valence-corrected chi connectivity index (χ3v) is 5.85. The van der Waals surface area contributed by atoms with Gasteiger partial charge in [0.2, 0.25) is 0 Å². The smallest absolute Gasteiger partial charge is 0.407 e. The SMILES string of the molecule is O=C(NCCC(O)C(O)c1cc(Cl)c[nH]c1=O)OCC1c2ccccc2-c2ccccc21. The van der Waals surface area contributed by atoms with E-state index in [1.165, 1.54) is 12.3 Å². The highest BCUT2D eigenvalue weighted by Gasteiger charge is 2.29. The third-order valence-electron chi connectivity index (χ3n) is 5.63. The first-order valence-electron chi connectivity index (χ1n) is 10.3. The van der Waals surface area contributed by atoms with Crippen molar-refractivity contribution in [2.45, 2.75) is 24.5 Å². The minimum atomic E-state index is -1.43. The van der Waals surface area contributed by atoms with Crippen molar-refractivity contribution in [1.82, 2.24) is 10.3 Å². The monoisotopic (exact) mass is 454 g/mol. The van der Waals surface area contributed by atoms with Gasteiger partial charge in [-0.3, -0.25) is 4.79 Å². The molecule has 1 aliphatic carbocycles. The number of aliphatic hydroxyl groups is 2. The number of fused-ring (bicyclic) bond motifs is 3. The molecule has 1 aromatic heterocycles. The Morgan fingerprint density at radius 2 is 1.72 bits per heavy atom. The minimum absolute atomic E-state index is 0.0251. The van der Waals surface area contributed by atoms with Gasteiger partial charge in [-0.15, -0.1) is 0 Å². The highest BCUT2D eigenvalue weighted by molar-refractivity contribution is 6.30. The summed E-state index contributed by atoms with van der Waals surface area (Å²) in [5.41, 5.74) is 3.95. The van der Waals surface area contributed by atoms with Gasteiger partial charge in [-0.25, -0.2) is 4.79 Å². The number of H-pyrrole nitrogens is 1. The van der Waals surface area contributed by atoms with Crippen LogP contribution in [0.4, 0.5) is 4.79 Å². The summed E-state index contributed by atoms with van der Waals surface area (Å²) >= 11 is 5.83. The second-order valence-corrected chi connectivity index (χ2v) is 8.09. The van der Waals surface area contributed by atoms with Crippen LogP contribution in [0.1, 0.15) is 35.1 Å². The summed E-state index contributed by atoms with van der Waals surface area (Å²) in [6.45, 7) is 0.246. The van der Waals surface area contributed by atoms with Gasteiger partial charge in [0.05, 0.1) is 11.1 Å². The van der Waals surface area contributed by atoms with Gasteiger partial charge in [0.15, 0.2) is 0 Å². The molecular formula is C24H23ClN2O5. The predicted molar refractivity (Wildman–Crippen MR) is 121 cm³/mol. The maximum atomic E-state index is 12.2. The molecule has 1 heterocycles. The Hall–Kier alpha value is -3.13. The summed E-state index contributed by atoms with van der Waals surface area (Å²) in [6.07, 6.45) is -1.98. The van der Waals surface area contributed by atoms with Crippen LogP contribution in [0.3, 0.4) is 0 Å². The highest BCUT2D eigenvalue weighted by Crippen LogP contribution is 2.44. The lowest BCUT2D eigenvalue weighted by molar-refractivity contribution is 0.0128. The lowest BCUT2D eigenvalue weighted by atomic mass is 9.98. The molecule has 7 nitrogen and oxygen atoms in total. The summed E-state index contributed by atoms with van der Waals surface area (Å²) in [6, 6.07) is 17.4. The van der Waals surface area contributed by atoms with Crippen LogP contribution in [0, 0.1) is 0 Å². The zero-order chi connectivity index (χ0) is 22.7. The standard InChI is InChI=1S/C24H23ClN2O5/c25-14-11-19(23(30)27-12-14)22(29)21(28)9-10-26-24(31)32-13-20-17-7-3-1-5-15(17)16-6-2-4-8-18(16)20/h1-8,11-12,20-22,28-29H,9-10,13H2,(H,26,31)(H,27,30). The minimum Gasteiger partial charge on any atom is -0.449 e. The molecule has 32 heavy (non-hydrogen) atoms. The van der Waals surface area contributed by atoms with E-state index in [4.69, 9.17) is 16.3 Å². The first-order chi connectivity index (χ1) is 15.5. The number of aromatic amines is 1. The normalized spacial score (nSPS) is 14.3. The van der Waals surface area contributed by atoms with Gasteiger partial charge in [-0.2, -0.15) is 0 Å². The maximum Gasteiger partial charge on any atom is 0.407 e. The average Bonchev–Trinajstić information content (AvgIpc) is 3.12. The molecular weight excluding hydrogens is 432 g/mol. The molecule has 0 spiro atoms. The Labute approximate surface area is 189 Å². The molecule has 1 aliphatic rings. The van der Waals surface area contributed by atoms with E-state index in [2.05, 4.69) is 22.4 Å². The van der Waals surface area contributed by atoms with Gasteiger partial charge in [0, 0.05) is 24.2 Å². The summed E-state index contributed by atoms with van der Waals surface area (Å²) in [5, 5.41) is 23.2. The van der Waals surface area contributed by atoms with Crippen molar-refractivity contribution in [2.75, 3.05) is 13.2 Å². The Balaban J connectivity index is 1.30. The number of halogens is 1. The number of nitrogens with one attached hydrogen (secondary N) is 2. The van der Waals surface area contributed by atoms with E-state index in [9.17, 15) is 19.8 Å². The lowest BCUT2D eigenvalue weighted by Crippen LogP contribution is -2.32. The topological polar surface area (TPSA) is 112 Å². The second-order valence-electron chi connectivity index (χ2n) is 7.66. The number of carbonyl (C=O) groups is 1. The van der Waals surface area contributed by atoms with E-state index in [0.717, 1.165) is 22.3 Å². The Kier molecular flexibility index (Phi) is 6.60. The zero-order valence-electron chi connectivity index (χ0n) is 17.1. The van der Waals surface area contributed by atoms with Gasteiger partial charge < -0.3 is 25.3 Å². The van der Waals surface area contributed by atoms with E-state index in [1.54, 1.807) is 0 Å². The second kappa shape index (κ2) is 9.56. The predicted octanol–water partition coefficient (Wildman–Crippen LogP) is 3.35. The molecule has 0 bridgehead atoms. The molecule has 166 valence electrons. The van der Waals surface area contributed by atoms with Crippen molar-refractivity contribution in [3.8, 4) is 11.1 Å². The largest absolute Gasteiger partial charge is 0.449 e. The number of aromatic nitrogens is 1. The summed E-state index contributed by atoms with van der Waals surface area (Å²) in [7, 11) is 0. The Morgan fingerprint density at radius 3 is 2.38 bits per heavy atom. The van der Waals surface area contributed by atoms with Crippen molar-refractivity contribution < 1.29 is 19.7 Å². The number of hydrogen-bond acceptors (Lipinski definition) is 5. The summed E-state index contributed by atoms with van der Waals surface area (Å²) < 4.78 is 5.43. The molecule has 0 saturated carbocycles. The Bertz CT molecular complexity index is 1130. The van der Waals surface area contributed by atoms with Crippen molar-refractivity contribution in [1.29, 1.82) is 0 Å². The van der Waals surface area contributed by atoms with E-state index in [1.807, 2.05) is 36.4 Å². The van der Waals surface area contributed by atoms with E-state index in [0.29, 0.717) is 0 Å². The molecule has 2 aromatic carbocycles. The van der Waals surface area contributed by atoms with Gasteiger partial charge in [0.25, 0.3) is 5.56 Å². The van der Waals surface area contributed by atoms with E-state index < -0.39 is 23.9 Å². The number of rotatable bonds is 7. The molecule has 4 N–H and O–H groups in total. The zero-order valence-corrected chi connectivity index (χ0v) is 17.9. The van der Waals surface area contributed by atoms with Crippen molar-refractivity contribution in [3.63, 3.8) is 0 Å². The van der Waals surface area contributed by atoms with Crippen LogP contribution in [-0.2, 0) is 4.74 Å². The maximum absolute atomic E-state index is 12.2. The van der Waals surface area contributed by atoms with Crippen LogP contribution < -0.4 is 10.9 Å². The molecule has 0 saturated heterocycles. The van der Waals surface area contributed by atoms with Crippen LogP contribution in [-0.4, -0.2) is 40.5 Å². The summed E-state index contributed by atoms with van der Waals surface area (Å²) in [5.74, 6) is -0.0462. The first-order valence-corrected chi connectivity index (χ1v) is 10.7. The van der Waals surface area contributed by atoms with Gasteiger partial charge in [-0.05, 0) is 34.7 Å². The first kappa shape index (κ1) is 22.1. The molecule has 0 radical (unpaired) electrons. The van der Waals surface area contributed by atoms with Gasteiger partial charge in [0.1, 0.15) is 12.7 Å². The van der Waals surface area contributed by atoms with Gasteiger partial charge in [-0.1, -0.05) is 60.1 Å². The molecule has 8 heteroatoms. The van der Waals surface area contributed by atoms with Crippen LogP contribution in [0.15, 0.2) is 65.6 Å². The summed E-state index contributed by atoms with van der Waals surface area (Å²) in [4.78, 5) is 26.4. The number of carbonyl (C=O) groups excluding carboxylic acids is 1. The number of aliphatic hydroxyl groups excluding tert-OH is 2. The third kappa shape index (κ3) is 4.55. The van der Waals surface area contributed by atoms with E-state index in [-0.39, 0.29) is 36.1 Å². The van der Waals surface area contributed by atoms with Crippen LogP contribution in [0.25, 0.3) is 11.1 Å². The molecule has 0 aliphatic heterocycles. The molecule has 3 aromatic rings. The number of pyridine rings is 1. The lowest BCUT2D eigenvalue weighted by Gasteiger charge is -2.18. The molecule has 0 fully saturated rings.